The fourth-order valence-electron chi connectivity index (χ4n) is 4.22. The van der Waals surface area contributed by atoms with Crippen LogP contribution in [0.2, 0.25) is 0 Å². The first-order valence-corrected chi connectivity index (χ1v) is 12.4. The van der Waals surface area contributed by atoms with Crippen LogP contribution >= 0.6 is 0 Å². The summed E-state index contributed by atoms with van der Waals surface area (Å²) in [6.07, 6.45) is 9.21. The molecule has 0 unspecified atom stereocenters. The third-order valence-corrected chi connectivity index (χ3v) is 6.21. The minimum atomic E-state index is -0.914. The maximum absolute atomic E-state index is 12.8. The molecule has 0 saturated carbocycles. The predicted octanol–water partition coefficient (Wildman–Crippen LogP) is 6.55. The monoisotopic (exact) mass is 530 g/mol. The molecule has 4 heterocycles. The Labute approximate surface area is 229 Å². The lowest BCUT2D eigenvalue weighted by molar-refractivity contribution is 0.147. The van der Waals surface area contributed by atoms with Crippen LogP contribution in [0.4, 0.5) is 4.79 Å². The number of rotatable bonds is 8. The highest BCUT2D eigenvalue weighted by Gasteiger charge is 2.16. The molecule has 40 heavy (non-hydrogen) atoms. The number of benzene rings is 2. The Bertz CT molecular complexity index is 1570. The van der Waals surface area contributed by atoms with Crippen molar-refractivity contribution in [3.8, 4) is 34.3 Å². The van der Waals surface area contributed by atoms with Gasteiger partial charge in [0.15, 0.2) is 12.8 Å². The minimum Gasteiger partial charge on any atom is -0.451 e. The molecule has 196 valence electrons. The fraction of sp³-hybridized carbons (Fsp3) is 0.0645. The van der Waals surface area contributed by atoms with E-state index in [4.69, 9.17) is 18.3 Å². The Morgan fingerprint density at radius 1 is 0.600 bits per heavy atom. The second-order valence-corrected chi connectivity index (χ2v) is 8.88. The van der Waals surface area contributed by atoms with E-state index in [0.717, 1.165) is 44.8 Å². The Hall–Kier alpha value is -5.57. The van der Waals surface area contributed by atoms with E-state index in [-0.39, 0.29) is 11.8 Å². The number of carbonyl (C=O) groups excluding carboxylic acids is 1. The van der Waals surface area contributed by atoms with Crippen LogP contribution in [0.15, 0.2) is 119 Å². The summed E-state index contributed by atoms with van der Waals surface area (Å²) in [6.45, 7) is 0. The highest BCUT2D eigenvalue weighted by molar-refractivity contribution is 5.67. The van der Waals surface area contributed by atoms with Crippen molar-refractivity contribution in [3.63, 3.8) is 0 Å². The van der Waals surface area contributed by atoms with Crippen molar-refractivity contribution in [1.29, 1.82) is 0 Å². The molecule has 0 atom stereocenters. The van der Waals surface area contributed by atoms with E-state index in [1.54, 1.807) is 37.1 Å². The van der Waals surface area contributed by atoms with E-state index >= 15 is 0 Å². The molecule has 9 nitrogen and oxygen atoms in total. The number of aromatic nitrogens is 4. The van der Waals surface area contributed by atoms with E-state index in [0.29, 0.717) is 12.8 Å². The van der Waals surface area contributed by atoms with Crippen LogP contribution < -0.4 is 9.47 Å². The second-order valence-electron chi connectivity index (χ2n) is 8.88. The molecular weight excluding hydrogens is 508 g/mol. The highest BCUT2D eigenvalue weighted by Crippen LogP contribution is 2.25. The van der Waals surface area contributed by atoms with Crippen molar-refractivity contribution in [2.75, 3.05) is 0 Å². The number of carbonyl (C=O) groups is 1. The summed E-state index contributed by atoms with van der Waals surface area (Å²) < 4.78 is 21.1. The molecule has 0 fully saturated rings. The van der Waals surface area contributed by atoms with E-state index in [2.05, 4.69) is 19.9 Å². The van der Waals surface area contributed by atoms with Gasteiger partial charge in [-0.1, -0.05) is 60.7 Å². The van der Waals surface area contributed by atoms with Crippen molar-refractivity contribution < 1.29 is 23.1 Å². The van der Waals surface area contributed by atoms with Crippen LogP contribution in [-0.4, -0.2) is 26.1 Å². The van der Waals surface area contributed by atoms with Crippen molar-refractivity contribution in [2.45, 2.75) is 12.8 Å². The zero-order chi connectivity index (χ0) is 27.1. The summed E-state index contributed by atoms with van der Waals surface area (Å²) in [7, 11) is 0. The maximum atomic E-state index is 12.8. The minimum absolute atomic E-state index is 0.175. The Morgan fingerprint density at radius 3 is 1.45 bits per heavy atom. The van der Waals surface area contributed by atoms with Gasteiger partial charge in [-0.05, 0) is 23.3 Å². The van der Waals surface area contributed by atoms with E-state index in [1.165, 1.54) is 12.8 Å². The summed E-state index contributed by atoms with van der Waals surface area (Å²) in [5, 5.41) is 0. The largest absolute Gasteiger partial charge is 0.522 e. The van der Waals surface area contributed by atoms with Crippen LogP contribution in [0, 0.1) is 0 Å². The molecular formula is C31H22N4O5. The molecule has 0 radical (unpaired) electrons. The average Bonchev–Trinajstić information content (AvgIpc) is 3.72. The highest BCUT2D eigenvalue weighted by atomic mass is 16.7. The second kappa shape index (κ2) is 11.4. The molecule has 6 rings (SSSR count). The Balaban J connectivity index is 1.12. The lowest BCUT2D eigenvalue weighted by Gasteiger charge is -2.11. The van der Waals surface area contributed by atoms with Crippen molar-refractivity contribution >= 4 is 6.16 Å². The van der Waals surface area contributed by atoms with Gasteiger partial charge in [0.2, 0.25) is 11.8 Å². The molecule has 0 bridgehead atoms. The van der Waals surface area contributed by atoms with E-state index in [9.17, 15) is 4.79 Å². The van der Waals surface area contributed by atoms with E-state index in [1.807, 2.05) is 60.7 Å². The smallest absolute Gasteiger partial charge is 0.451 e. The van der Waals surface area contributed by atoms with Crippen LogP contribution in [0.25, 0.3) is 22.5 Å². The van der Waals surface area contributed by atoms with Gasteiger partial charge >= 0.3 is 6.16 Å². The quantitative estimate of drug-likeness (QED) is 0.202. The number of hydrogen-bond donors (Lipinski definition) is 0. The maximum Gasteiger partial charge on any atom is 0.522 e. The van der Waals surface area contributed by atoms with Gasteiger partial charge in [0.25, 0.3) is 0 Å². The summed E-state index contributed by atoms with van der Waals surface area (Å²) in [6, 6.07) is 23.1. The zero-order valence-corrected chi connectivity index (χ0v) is 21.1. The third-order valence-electron chi connectivity index (χ3n) is 6.21. The van der Waals surface area contributed by atoms with Crippen molar-refractivity contribution in [3.05, 3.63) is 133 Å². The molecule has 0 saturated heterocycles. The molecule has 0 spiro atoms. The van der Waals surface area contributed by atoms with Crippen molar-refractivity contribution in [2.24, 2.45) is 0 Å². The number of nitrogens with zero attached hydrogens (tertiary/aromatic N) is 4. The molecule has 2 aromatic carbocycles. The van der Waals surface area contributed by atoms with Crippen LogP contribution in [-0.2, 0) is 12.8 Å². The standard InChI is InChI=1S/C31H22N4O5/c36-31(39-29-25(3-1-13-32-29)15-21-5-9-23(10-6-21)27-17-37-19-34-27)40-30-26(4-2-14-33-30)16-22-7-11-24(12-8-22)28-18-38-20-35-28/h1-14,17-20H,15-16H2. The van der Waals surface area contributed by atoms with Crippen LogP contribution in [0.5, 0.6) is 11.8 Å². The first kappa shape index (κ1) is 24.7. The SMILES string of the molecule is O=C(Oc1ncccc1Cc1ccc(-c2cocn2)cc1)Oc1ncccc1Cc1ccc(-c2cocn2)cc1. The molecule has 0 aliphatic rings. The molecule has 0 amide bonds. The Kier molecular flexibility index (Phi) is 7.08. The average molecular weight is 531 g/mol. The van der Waals surface area contributed by atoms with Gasteiger partial charge in [-0.25, -0.2) is 24.7 Å². The first-order chi connectivity index (χ1) is 19.7. The first-order valence-electron chi connectivity index (χ1n) is 12.4. The molecule has 0 N–H and O–H groups in total. The summed E-state index contributed by atoms with van der Waals surface area (Å²) in [5.74, 6) is 0.350. The lowest BCUT2D eigenvalue weighted by atomic mass is 10.0. The third kappa shape index (κ3) is 5.78. The molecule has 9 heteroatoms. The fourth-order valence-corrected chi connectivity index (χ4v) is 4.22. The van der Waals surface area contributed by atoms with Gasteiger partial charge in [-0.2, -0.15) is 0 Å². The number of hydrogen-bond acceptors (Lipinski definition) is 9. The number of ether oxygens (including phenoxy) is 2. The van der Waals surface area contributed by atoms with E-state index < -0.39 is 6.16 Å². The zero-order valence-electron chi connectivity index (χ0n) is 21.1. The normalized spacial score (nSPS) is 10.8. The number of pyridine rings is 2. The number of oxazole rings is 2. The Morgan fingerprint density at radius 2 is 1.05 bits per heavy atom. The van der Waals surface area contributed by atoms with Gasteiger partial charge < -0.3 is 18.3 Å². The van der Waals surface area contributed by atoms with Crippen LogP contribution in [0.1, 0.15) is 22.3 Å². The summed E-state index contributed by atoms with van der Waals surface area (Å²) >= 11 is 0. The molecule has 0 aliphatic carbocycles. The predicted molar refractivity (Wildman–Crippen MR) is 145 cm³/mol. The molecule has 6 aromatic rings. The van der Waals surface area contributed by atoms with Gasteiger partial charge in [-0.3, -0.25) is 0 Å². The molecule has 0 aliphatic heterocycles. The van der Waals surface area contributed by atoms with Crippen LogP contribution in [0.3, 0.4) is 0 Å². The molecule has 4 aromatic heterocycles. The van der Waals surface area contributed by atoms with Gasteiger partial charge in [0.05, 0.1) is 0 Å². The van der Waals surface area contributed by atoms with Gasteiger partial charge in [-0.15, -0.1) is 0 Å². The summed E-state index contributed by atoms with van der Waals surface area (Å²) in [4.78, 5) is 29.6. The topological polar surface area (TPSA) is 113 Å². The summed E-state index contributed by atoms with van der Waals surface area (Å²) in [5.41, 5.74) is 6.92. The lowest BCUT2D eigenvalue weighted by Crippen LogP contribution is -2.17. The van der Waals surface area contributed by atoms with Gasteiger partial charge in [0.1, 0.15) is 23.9 Å². The van der Waals surface area contributed by atoms with Crippen molar-refractivity contribution in [1.82, 2.24) is 19.9 Å². The van der Waals surface area contributed by atoms with Gasteiger partial charge in [0, 0.05) is 47.5 Å².